The van der Waals surface area contributed by atoms with Gasteiger partial charge < -0.3 is 15.3 Å². The van der Waals surface area contributed by atoms with Gasteiger partial charge in [0.1, 0.15) is 11.8 Å². The molecule has 1 aromatic rings. The van der Waals surface area contributed by atoms with Crippen molar-refractivity contribution in [1.29, 1.82) is 0 Å². The molecule has 1 heterocycles. The Labute approximate surface area is 70.0 Å². The smallest absolute Gasteiger partial charge is 0.320 e. The molecule has 66 valence electrons. The predicted molar refractivity (Wildman–Crippen MR) is 42.8 cm³/mol. The van der Waals surface area contributed by atoms with E-state index in [9.17, 15) is 4.79 Å². The highest BCUT2D eigenvalue weighted by Crippen LogP contribution is 2.10. The van der Waals surface area contributed by atoms with Crippen LogP contribution in [-0.2, 0) is 11.2 Å². The molecule has 3 N–H and O–H groups in total. The number of nitrogens with two attached hydrogens (primary N) is 1. The molecular weight excluding hydrogens is 158 g/mol. The second kappa shape index (κ2) is 3.40. The highest BCUT2D eigenvalue weighted by Gasteiger charge is 2.14. The van der Waals surface area contributed by atoms with Crippen LogP contribution in [0.3, 0.4) is 0 Å². The molecule has 1 aromatic heterocycles. The fourth-order valence-corrected chi connectivity index (χ4v) is 0.900. The molecule has 0 spiro atoms. The number of furan rings is 1. The van der Waals surface area contributed by atoms with Crippen molar-refractivity contribution < 1.29 is 14.3 Å². The molecular formula is C8H11NO3. The Morgan fingerprint density at radius 1 is 1.83 bits per heavy atom. The molecule has 0 aliphatic rings. The number of aliphatic carboxylic acids is 1. The van der Waals surface area contributed by atoms with E-state index in [1.807, 2.05) is 6.92 Å². The van der Waals surface area contributed by atoms with Crippen LogP contribution >= 0.6 is 0 Å². The first-order chi connectivity index (χ1) is 5.61. The van der Waals surface area contributed by atoms with Crippen LogP contribution in [0.15, 0.2) is 16.7 Å². The number of carboxylic acid groups (broad SMARTS) is 1. The van der Waals surface area contributed by atoms with Gasteiger partial charge in [-0.2, -0.15) is 0 Å². The van der Waals surface area contributed by atoms with E-state index < -0.39 is 12.0 Å². The van der Waals surface area contributed by atoms with E-state index in [0.717, 1.165) is 5.56 Å². The van der Waals surface area contributed by atoms with Crippen molar-refractivity contribution in [1.82, 2.24) is 0 Å². The molecule has 0 aromatic carbocycles. The summed E-state index contributed by atoms with van der Waals surface area (Å²) in [5, 5.41) is 8.51. The molecule has 0 fully saturated rings. The first-order valence-electron chi connectivity index (χ1n) is 3.62. The summed E-state index contributed by atoms with van der Waals surface area (Å²) < 4.78 is 5.04. The fraction of sp³-hybridized carbons (Fsp3) is 0.375. The summed E-state index contributed by atoms with van der Waals surface area (Å²) >= 11 is 0. The summed E-state index contributed by atoms with van der Waals surface area (Å²) in [6, 6.07) is 0.902. The first-order valence-corrected chi connectivity index (χ1v) is 3.62. The van der Waals surface area contributed by atoms with Crippen molar-refractivity contribution in [3.63, 3.8) is 0 Å². The summed E-state index contributed by atoms with van der Waals surface area (Å²) in [5.74, 6) is -0.365. The number of aryl methyl sites for hydroxylation is 1. The van der Waals surface area contributed by atoms with Crippen molar-refractivity contribution in [2.24, 2.45) is 5.73 Å². The molecule has 12 heavy (non-hydrogen) atoms. The summed E-state index contributed by atoms with van der Waals surface area (Å²) in [7, 11) is 0. The Morgan fingerprint density at radius 2 is 2.50 bits per heavy atom. The second-order valence-electron chi connectivity index (χ2n) is 2.68. The molecule has 4 heteroatoms. The van der Waals surface area contributed by atoms with Gasteiger partial charge >= 0.3 is 5.97 Å². The van der Waals surface area contributed by atoms with Gasteiger partial charge in [-0.05, 0) is 18.6 Å². The molecule has 0 aliphatic heterocycles. The molecule has 0 aliphatic carbocycles. The van der Waals surface area contributed by atoms with E-state index in [2.05, 4.69) is 0 Å². The van der Waals surface area contributed by atoms with Crippen LogP contribution in [0.2, 0.25) is 0 Å². The molecule has 4 nitrogen and oxygen atoms in total. The number of hydrogen-bond donors (Lipinski definition) is 2. The highest BCUT2D eigenvalue weighted by atomic mass is 16.4. The number of hydrogen-bond acceptors (Lipinski definition) is 3. The Morgan fingerprint density at radius 3 is 2.92 bits per heavy atom. The van der Waals surface area contributed by atoms with Crippen LogP contribution in [0.25, 0.3) is 0 Å². The molecule has 0 unspecified atom stereocenters. The average Bonchev–Trinajstić information content (AvgIpc) is 2.36. The minimum absolute atomic E-state index is 0.244. The molecule has 0 bridgehead atoms. The standard InChI is InChI=1S/C8H11NO3/c1-5-2-3-12-7(5)4-6(9)8(10)11/h2-3,6H,4,9H2,1H3,(H,10,11)/t6-/m0/s1. The third-order valence-electron chi connectivity index (χ3n) is 1.69. The molecule has 1 rings (SSSR count). The summed E-state index contributed by atoms with van der Waals surface area (Å²) in [6.45, 7) is 1.85. The Hall–Kier alpha value is -1.29. The molecule has 0 saturated carbocycles. The quantitative estimate of drug-likeness (QED) is 0.692. The average molecular weight is 169 g/mol. The summed E-state index contributed by atoms with van der Waals surface area (Å²) in [4.78, 5) is 10.4. The monoisotopic (exact) mass is 169 g/mol. The maximum atomic E-state index is 10.4. The molecule has 1 atom stereocenters. The number of rotatable bonds is 3. The lowest BCUT2D eigenvalue weighted by Crippen LogP contribution is -2.32. The molecule has 0 saturated heterocycles. The van der Waals surface area contributed by atoms with Gasteiger partial charge in [0.25, 0.3) is 0 Å². The maximum Gasteiger partial charge on any atom is 0.320 e. The van der Waals surface area contributed by atoms with Crippen LogP contribution in [0.4, 0.5) is 0 Å². The van der Waals surface area contributed by atoms with E-state index in [4.69, 9.17) is 15.3 Å². The molecule has 0 radical (unpaired) electrons. The fourth-order valence-electron chi connectivity index (χ4n) is 0.900. The first kappa shape index (κ1) is 8.80. The van der Waals surface area contributed by atoms with E-state index in [-0.39, 0.29) is 6.42 Å². The van der Waals surface area contributed by atoms with Crippen LogP contribution in [0.5, 0.6) is 0 Å². The van der Waals surface area contributed by atoms with Gasteiger partial charge in [0, 0.05) is 6.42 Å². The zero-order chi connectivity index (χ0) is 9.14. The van der Waals surface area contributed by atoms with Gasteiger partial charge in [0.2, 0.25) is 0 Å². The van der Waals surface area contributed by atoms with Crippen molar-refractivity contribution in [3.05, 3.63) is 23.7 Å². The highest BCUT2D eigenvalue weighted by molar-refractivity contribution is 5.73. The third kappa shape index (κ3) is 1.85. The number of carbonyl (C=O) groups is 1. The minimum atomic E-state index is -1.01. The largest absolute Gasteiger partial charge is 0.480 e. The van der Waals surface area contributed by atoms with Gasteiger partial charge in [-0.3, -0.25) is 4.79 Å². The normalized spacial score (nSPS) is 12.8. The van der Waals surface area contributed by atoms with Gasteiger partial charge in [0.05, 0.1) is 6.26 Å². The van der Waals surface area contributed by atoms with Crippen LogP contribution < -0.4 is 5.73 Å². The Bertz CT molecular complexity index is 280. The maximum absolute atomic E-state index is 10.4. The second-order valence-corrected chi connectivity index (χ2v) is 2.68. The zero-order valence-corrected chi connectivity index (χ0v) is 6.78. The van der Waals surface area contributed by atoms with Crippen molar-refractivity contribution in [2.45, 2.75) is 19.4 Å². The topological polar surface area (TPSA) is 76.5 Å². The van der Waals surface area contributed by atoms with E-state index in [0.29, 0.717) is 5.76 Å². The Balaban J connectivity index is 2.64. The predicted octanol–water partition coefficient (Wildman–Crippen LogP) is 0.542. The van der Waals surface area contributed by atoms with Gasteiger partial charge in [-0.25, -0.2) is 0 Å². The Kier molecular flexibility index (Phi) is 2.50. The number of carboxylic acids is 1. The van der Waals surface area contributed by atoms with E-state index >= 15 is 0 Å². The van der Waals surface area contributed by atoms with Crippen LogP contribution in [0, 0.1) is 6.92 Å². The lowest BCUT2D eigenvalue weighted by atomic mass is 10.1. The summed E-state index contributed by atoms with van der Waals surface area (Å²) in [5.41, 5.74) is 6.25. The van der Waals surface area contributed by atoms with E-state index in [1.165, 1.54) is 6.26 Å². The van der Waals surface area contributed by atoms with Gasteiger partial charge in [-0.1, -0.05) is 0 Å². The summed E-state index contributed by atoms with van der Waals surface area (Å²) in [6.07, 6.45) is 1.77. The zero-order valence-electron chi connectivity index (χ0n) is 6.78. The SMILES string of the molecule is Cc1ccoc1C[C@H](N)C(=O)O. The van der Waals surface area contributed by atoms with E-state index in [1.54, 1.807) is 6.07 Å². The van der Waals surface area contributed by atoms with Crippen LogP contribution in [-0.4, -0.2) is 17.1 Å². The van der Waals surface area contributed by atoms with Crippen molar-refractivity contribution in [3.8, 4) is 0 Å². The van der Waals surface area contributed by atoms with Gasteiger partial charge in [0.15, 0.2) is 0 Å². The van der Waals surface area contributed by atoms with Crippen molar-refractivity contribution >= 4 is 5.97 Å². The molecule has 0 amide bonds. The van der Waals surface area contributed by atoms with Crippen molar-refractivity contribution in [2.75, 3.05) is 0 Å². The van der Waals surface area contributed by atoms with Gasteiger partial charge in [-0.15, -0.1) is 0 Å². The van der Waals surface area contributed by atoms with Crippen LogP contribution in [0.1, 0.15) is 11.3 Å². The minimum Gasteiger partial charge on any atom is -0.480 e. The lowest BCUT2D eigenvalue weighted by molar-refractivity contribution is -0.138. The lowest BCUT2D eigenvalue weighted by Gasteiger charge is -2.03. The third-order valence-corrected chi connectivity index (χ3v) is 1.69.